The molecule has 1 aromatic heterocycles. The normalized spacial score (nSPS) is 10.7. The zero-order valence-electron chi connectivity index (χ0n) is 10.0. The minimum Gasteiger partial charge on any atom is -0.465 e. The molecule has 0 aliphatic heterocycles. The standard InChI is InChI=1S/C12H10BrClN2O3/c1-2-19-10(17)6-16-12(18)9-5-7(14)3-4-8(9)11(13)15-16/h3-5H,2,6H2,1H3. The zero-order valence-corrected chi connectivity index (χ0v) is 12.4. The molecule has 0 atom stereocenters. The predicted octanol–water partition coefficient (Wildman–Crippen LogP) is 2.38. The highest BCUT2D eigenvalue weighted by Crippen LogP contribution is 2.21. The Labute approximate surface area is 122 Å². The number of benzene rings is 1. The van der Waals surface area contributed by atoms with Gasteiger partial charge in [-0.1, -0.05) is 11.6 Å². The lowest BCUT2D eigenvalue weighted by atomic mass is 10.2. The fourth-order valence-electron chi connectivity index (χ4n) is 1.65. The second-order valence-electron chi connectivity index (χ2n) is 3.75. The number of fused-ring (bicyclic) bond motifs is 1. The number of ether oxygens (including phenoxy) is 1. The van der Waals surface area contributed by atoms with Crippen LogP contribution in [0.3, 0.4) is 0 Å². The SMILES string of the molecule is CCOC(=O)Cn1nc(Br)c2ccc(Cl)cc2c1=O. The minimum atomic E-state index is -0.509. The topological polar surface area (TPSA) is 61.2 Å². The fourth-order valence-corrected chi connectivity index (χ4v) is 2.36. The van der Waals surface area contributed by atoms with E-state index in [1.165, 1.54) is 0 Å². The van der Waals surface area contributed by atoms with Crippen molar-refractivity contribution in [2.24, 2.45) is 0 Å². The van der Waals surface area contributed by atoms with Crippen LogP contribution in [0.2, 0.25) is 5.02 Å². The van der Waals surface area contributed by atoms with Crippen molar-refractivity contribution in [3.63, 3.8) is 0 Å². The lowest BCUT2D eigenvalue weighted by Gasteiger charge is -2.07. The molecule has 0 saturated heterocycles. The number of carbonyl (C=O) groups excluding carboxylic acids is 1. The molecular weight excluding hydrogens is 336 g/mol. The fraction of sp³-hybridized carbons (Fsp3) is 0.250. The molecule has 0 saturated carbocycles. The van der Waals surface area contributed by atoms with Crippen molar-refractivity contribution in [2.45, 2.75) is 13.5 Å². The monoisotopic (exact) mass is 344 g/mol. The first-order valence-electron chi connectivity index (χ1n) is 5.54. The van der Waals surface area contributed by atoms with Crippen molar-refractivity contribution in [1.29, 1.82) is 0 Å². The maximum absolute atomic E-state index is 12.2. The molecule has 19 heavy (non-hydrogen) atoms. The molecule has 0 N–H and O–H groups in total. The minimum absolute atomic E-state index is 0.228. The van der Waals surface area contributed by atoms with Crippen LogP contribution in [-0.4, -0.2) is 22.4 Å². The smallest absolute Gasteiger partial charge is 0.327 e. The van der Waals surface area contributed by atoms with Gasteiger partial charge in [0.05, 0.1) is 12.0 Å². The third-order valence-corrected chi connectivity index (χ3v) is 3.28. The maximum atomic E-state index is 12.2. The molecule has 2 rings (SSSR count). The van der Waals surface area contributed by atoms with Crippen LogP contribution < -0.4 is 5.56 Å². The third kappa shape index (κ3) is 2.96. The summed E-state index contributed by atoms with van der Waals surface area (Å²) in [5.74, 6) is -0.509. The molecule has 100 valence electrons. The van der Waals surface area contributed by atoms with E-state index in [9.17, 15) is 9.59 Å². The van der Waals surface area contributed by atoms with E-state index in [0.29, 0.717) is 20.4 Å². The summed E-state index contributed by atoms with van der Waals surface area (Å²) in [6.07, 6.45) is 0. The number of esters is 1. The zero-order chi connectivity index (χ0) is 14.0. The summed E-state index contributed by atoms with van der Waals surface area (Å²) in [5, 5.41) is 5.53. The summed E-state index contributed by atoms with van der Waals surface area (Å²) in [7, 11) is 0. The third-order valence-electron chi connectivity index (χ3n) is 2.46. The number of rotatable bonds is 3. The first-order valence-corrected chi connectivity index (χ1v) is 6.71. The van der Waals surface area contributed by atoms with Crippen LogP contribution in [0.1, 0.15) is 6.92 Å². The number of hydrogen-bond acceptors (Lipinski definition) is 4. The van der Waals surface area contributed by atoms with Crippen molar-refractivity contribution in [1.82, 2.24) is 9.78 Å². The van der Waals surface area contributed by atoms with E-state index < -0.39 is 5.97 Å². The van der Waals surface area contributed by atoms with Crippen molar-refractivity contribution in [2.75, 3.05) is 6.61 Å². The summed E-state index contributed by atoms with van der Waals surface area (Å²) < 4.78 is 6.33. The van der Waals surface area contributed by atoms with E-state index in [2.05, 4.69) is 21.0 Å². The van der Waals surface area contributed by atoms with Gasteiger partial charge >= 0.3 is 5.97 Å². The average Bonchev–Trinajstić information content (AvgIpc) is 2.35. The van der Waals surface area contributed by atoms with Gasteiger partial charge in [-0.15, -0.1) is 0 Å². The van der Waals surface area contributed by atoms with Crippen molar-refractivity contribution in [3.05, 3.63) is 38.2 Å². The predicted molar refractivity (Wildman–Crippen MR) is 75.3 cm³/mol. The van der Waals surface area contributed by atoms with Gasteiger partial charge < -0.3 is 4.74 Å². The first-order chi connectivity index (χ1) is 9.02. The number of hydrogen-bond donors (Lipinski definition) is 0. The summed E-state index contributed by atoms with van der Waals surface area (Å²) in [5.41, 5.74) is -0.381. The molecule has 0 fully saturated rings. The van der Waals surface area contributed by atoms with Gasteiger partial charge in [0.1, 0.15) is 11.1 Å². The molecule has 1 aromatic carbocycles. The second kappa shape index (κ2) is 5.71. The van der Waals surface area contributed by atoms with E-state index in [-0.39, 0.29) is 18.7 Å². The quantitative estimate of drug-likeness (QED) is 0.801. The van der Waals surface area contributed by atoms with Crippen LogP contribution in [0.15, 0.2) is 27.6 Å². The van der Waals surface area contributed by atoms with Gasteiger partial charge in [0.2, 0.25) is 0 Å². The molecule has 0 amide bonds. The first kappa shape index (κ1) is 14.0. The van der Waals surface area contributed by atoms with Crippen LogP contribution in [0.5, 0.6) is 0 Å². The second-order valence-corrected chi connectivity index (χ2v) is 4.94. The van der Waals surface area contributed by atoms with Crippen molar-refractivity contribution < 1.29 is 9.53 Å². The van der Waals surface area contributed by atoms with Gasteiger partial charge in [-0.3, -0.25) is 9.59 Å². The van der Waals surface area contributed by atoms with Gasteiger partial charge in [0.25, 0.3) is 5.56 Å². The molecule has 0 spiro atoms. The van der Waals surface area contributed by atoms with Crippen LogP contribution in [0, 0.1) is 0 Å². The highest BCUT2D eigenvalue weighted by molar-refractivity contribution is 9.10. The molecule has 0 unspecified atom stereocenters. The summed E-state index contributed by atoms with van der Waals surface area (Å²) in [6.45, 7) is 1.73. The average molecular weight is 346 g/mol. The summed E-state index contributed by atoms with van der Waals surface area (Å²) in [4.78, 5) is 23.6. The van der Waals surface area contributed by atoms with Gasteiger partial charge in [-0.05, 0) is 41.1 Å². The largest absolute Gasteiger partial charge is 0.465 e. The Hall–Kier alpha value is -1.40. The van der Waals surface area contributed by atoms with Crippen molar-refractivity contribution >= 4 is 44.3 Å². The van der Waals surface area contributed by atoms with E-state index in [4.69, 9.17) is 16.3 Å². The molecule has 0 aliphatic rings. The van der Waals surface area contributed by atoms with E-state index in [1.807, 2.05) is 0 Å². The molecule has 2 aromatic rings. The van der Waals surface area contributed by atoms with E-state index in [1.54, 1.807) is 25.1 Å². The molecule has 7 heteroatoms. The van der Waals surface area contributed by atoms with E-state index in [0.717, 1.165) is 4.68 Å². The molecule has 1 heterocycles. The Morgan fingerprint density at radius 2 is 2.21 bits per heavy atom. The highest BCUT2D eigenvalue weighted by atomic mass is 79.9. The Morgan fingerprint density at radius 1 is 1.47 bits per heavy atom. The van der Waals surface area contributed by atoms with Gasteiger partial charge in [-0.25, -0.2) is 4.68 Å². The summed E-state index contributed by atoms with van der Waals surface area (Å²) in [6, 6.07) is 4.92. The number of nitrogens with zero attached hydrogens (tertiary/aromatic N) is 2. The summed E-state index contributed by atoms with van der Waals surface area (Å²) >= 11 is 9.14. The van der Waals surface area contributed by atoms with Crippen LogP contribution >= 0.6 is 27.5 Å². The highest BCUT2D eigenvalue weighted by Gasteiger charge is 2.12. The molecule has 0 radical (unpaired) electrons. The van der Waals surface area contributed by atoms with Gasteiger partial charge in [0, 0.05) is 10.4 Å². The van der Waals surface area contributed by atoms with Gasteiger partial charge in [0.15, 0.2) is 0 Å². The van der Waals surface area contributed by atoms with E-state index >= 15 is 0 Å². The van der Waals surface area contributed by atoms with Crippen LogP contribution in [0.25, 0.3) is 10.8 Å². The number of halogens is 2. The lowest BCUT2D eigenvalue weighted by molar-refractivity contribution is -0.144. The lowest BCUT2D eigenvalue weighted by Crippen LogP contribution is -2.28. The Kier molecular flexibility index (Phi) is 4.21. The maximum Gasteiger partial charge on any atom is 0.327 e. The number of carbonyl (C=O) groups is 1. The molecular formula is C12H10BrClN2O3. The van der Waals surface area contributed by atoms with Gasteiger partial charge in [-0.2, -0.15) is 5.10 Å². The molecule has 0 aliphatic carbocycles. The Morgan fingerprint density at radius 3 is 2.89 bits per heavy atom. The van der Waals surface area contributed by atoms with Crippen molar-refractivity contribution in [3.8, 4) is 0 Å². The Bertz CT molecular complexity index is 699. The van der Waals surface area contributed by atoms with Crippen LogP contribution in [0.4, 0.5) is 0 Å². The van der Waals surface area contributed by atoms with Crippen LogP contribution in [-0.2, 0) is 16.1 Å². The molecule has 0 bridgehead atoms. The Balaban J connectivity index is 2.55. The molecule has 5 nitrogen and oxygen atoms in total. The number of aromatic nitrogens is 2.